The highest BCUT2D eigenvalue weighted by Crippen LogP contribution is 2.45. The largest absolute Gasteiger partial charge is 0.418 e. The number of alkyl halides is 3. The molecule has 14 heteroatoms. The first-order chi connectivity index (χ1) is 19.7. The molecule has 2 aliphatic rings. The highest BCUT2D eigenvalue weighted by Gasteiger charge is 2.49. The maximum atomic E-state index is 13.4. The summed E-state index contributed by atoms with van der Waals surface area (Å²) in [4.78, 5) is 28.1. The van der Waals surface area contributed by atoms with Crippen LogP contribution in [0, 0.1) is 17.1 Å². The van der Waals surface area contributed by atoms with Crippen molar-refractivity contribution in [1.29, 1.82) is 5.26 Å². The Hall–Kier alpha value is -4.51. The summed E-state index contributed by atoms with van der Waals surface area (Å²) in [6.07, 6.45) is 3.82. The van der Waals surface area contributed by atoms with E-state index in [1.165, 1.54) is 11.2 Å². The maximum absolute atomic E-state index is 13.4. The minimum absolute atomic E-state index is 0.172. The van der Waals surface area contributed by atoms with Gasteiger partial charge in [0.25, 0.3) is 0 Å². The van der Waals surface area contributed by atoms with Gasteiger partial charge in [-0.2, -0.15) is 23.5 Å². The lowest BCUT2D eigenvalue weighted by atomic mass is 9.70. The maximum Gasteiger partial charge on any atom is 0.418 e. The van der Waals surface area contributed by atoms with E-state index >= 15 is 0 Å². The van der Waals surface area contributed by atoms with Crippen molar-refractivity contribution in [2.75, 3.05) is 31.5 Å². The van der Waals surface area contributed by atoms with Crippen LogP contribution in [0.2, 0.25) is 0 Å². The molecule has 4 heterocycles. The molecular formula is C27H25F4N9O. The van der Waals surface area contributed by atoms with Gasteiger partial charge >= 0.3 is 12.2 Å². The van der Waals surface area contributed by atoms with Crippen LogP contribution < -0.4 is 5.32 Å². The number of halogens is 4. The Morgan fingerprint density at radius 1 is 1.17 bits per heavy atom. The van der Waals surface area contributed by atoms with Gasteiger partial charge in [0, 0.05) is 55.6 Å². The Balaban J connectivity index is 1.09. The van der Waals surface area contributed by atoms with Crippen LogP contribution in [0.15, 0.2) is 49.2 Å². The third kappa shape index (κ3) is 4.97. The van der Waals surface area contributed by atoms with Crippen LogP contribution in [0.3, 0.4) is 0 Å². The molecule has 0 atom stereocenters. The average molecular weight is 568 g/mol. The van der Waals surface area contributed by atoms with Crippen molar-refractivity contribution in [3.05, 3.63) is 60.6 Å². The van der Waals surface area contributed by atoms with Gasteiger partial charge in [0.2, 0.25) is 0 Å². The van der Waals surface area contributed by atoms with Crippen LogP contribution in [-0.4, -0.2) is 72.8 Å². The number of hydrogen-bond donors (Lipinski definition) is 2. The molecule has 0 radical (unpaired) electrons. The SMILES string of the molecule is N#CC[C@]1(n2cc(-c3ncnc4[nH]ccc34)cn2)C[C@H](N2CCN(C(=O)Nc3ccc(F)cc3C(F)(F)F)CC2)C1. The van der Waals surface area contributed by atoms with Crippen molar-refractivity contribution >= 4 is 22.8 Å². The number of urea groups is 1. The number of rotatable bonds is 5. The Kier molecular flexibility index (Phi) is 6.61. The average Bonchev–Trinajstić information content (AvgIpc) is 3.61. The lowest BCUT2D eigenvalue weighted by molar-refractivity contribution is -0.137. The van der Waals surface area contributed by atoms with E-state index in [2.05, 4.69) is 36.3 Å². The van der Waals surface area contributed by atoms with Gasteiger partial charge in [-0.1, -0.05) is 0 Å². The molecule has 0 spiro atoms. The fourth-order valence-electron chi connectivity index (χ4n) is 5.79. The van der Waals surface area contributed by atoms with E-state index in [0.29, 0.717) is 45.1 Å². The molecule has 1 aliphatic carbocycles. The summed E-state index contributed by atoms with van der Waals surface area (Å²) in [7, 11) is 0. The second kappa shape index (κ2) is 10.2. The predicted molar refractivity (Wildman–Crippen MR) is 140 cm³/mol. The van der Waals surface area contributed by atoms with Crippen LogP contribution >= 0.6 is 0 Å². The molecule has 2 fully saturated rings. The summed E-state index contributed by atoms with van der Waals surface area (Å²) >= 11 is 0. The second-order valence-corrected chi connectivity index (χ2v) is 10.4. The summed E-state index contributed by atoms with van der Waals surface area (Å²) in [6.45, 7) is 1.71. The first-order valence-corrected chi connectivity index (χ1v) is 13.0. The van der Waals surface area contributed by atoms with Crippen molar-refractivity contribution in [1.82, 2.24) is 34.5 Å². The molecule has 41 heavy (non-hydrogen) atoms. The molecule has 2 amide bonds. The van der Waals surface area contributed by atoms with E-state index in [0.717, 1.165) is 34.4 Å². The molecule has 4 aromatic rings. The van der Waals surface area contributed by atoms with Crippen molar-refractivity contribution < 1.29 is 22.4 Å². The van der Waals surface area contributed by atoms with Gasteiger partial charge in [-0.05, 0) is 37.1 Å². The highest BCUT2D eigenvalue weighted by atomic mass is 19.4. The molecule has 3 aromatic heterocycles. The molecule has 1 aromatic carbocycles. The van der Waals surface area contributed by atoms with Crippen molar-refractivity contribution in [3.63, 3.8) is 0 Å². The van der Waals surface area contributed by atoms with Crippen LogP contribution in [0.25, 0.3) is 22.3 Å². The van der Waals surface area contributed by atoms with E-state index in [-0.39, 0.29) is 12.5 Å². The van der Waals surface area contributed by atoms with Crippen molar-refractivity contribution in [2.45, 2.75) is 37.0 Å². The first kappa shape index (κ1) is 26.7. The fraction of sp³-hybridized carbons (Fsp3) is 0.370. The predicted octanol–water partition coefficient (Wildman–Crippen LogP) is 4.60. The summed E-state index contributed by atoms with van der Waals surface area (Å²) in [5, 5.41) is 17.3. The van der Waals surface area contributed by atoms with Gasteiger partial charge in [-0.15, -0.1) is 0 Å². The lowest BCUT2D eigenvalue weighted by Gasteiger charge is -2.52. The quantitative estimate of drug-likeness (QED) is 0.341. The second-order valence-electron chi connectivity index (χ2n) is 10.4. The summed E-state index contributed by atoms with van der Waals surface area (Å²) in [5.74, 6) is -1.03. The molecule has 10 nitrogen and oxygen atoms in total. The standard InChI is InChI=1S/C27H25F4N9O/c28-18-1-2-22(21(11-18)27(29,30)31)37-25(41)39-9-7-38(8-10-39)19-12-26(13-19,4-5-32)40-15-17(14-36-40)23-20-3-6-33-24(20)35-16-34-23/h1-3,6,11,14-16,19H,4,7-10,12-13H2,(H,37,41)(H,33,34,35)/t19-,26-. The molecular weight excluding hydrogens is 542 g/mol. The van der Waals surface area contributed by atoms with E-state index in [4.69, 9.17) is 0 Å². The number of amides is 2. The fourth-order valence-corrected chi connectivity index (χ4v) is 5.79. The van der Waals surface area contributed by atoms with Crippen LogP contribution in [-0.2, 0) is 11.7 Å². The number of nitriles is 1. The molecule has 1 saturated carbocycles. The van der Waals surface area contributed by atoms with Gasteiger partial charge in [-0.3, -0.25) is 9.58 Å². The number of carbonyl (C=O) groups excluding carboxylic acids is 1. The molecule has 6 rings (SSSR count). The number of benzene rings is 1. The Bertz CT molecular complexity index is 1630. The molecule has 212 valence electrons. The normalized spacial score (nSPS) is 21.4. The molecule has 0 bridgehead atoms. The third-order valence-corrected chi connectivity index (χ3v) is 7.98. The first-order valence-electron chi connectivity index (χ1n) is 13.0. The number of hydrogen-bond acceptors (Lipinski definition) is 6. The van der Waals surface area contributed by atoms with Gasteiger partial charge < -0.3 is 15.2 Å². The molecule has 1 aliphatic heterocycles. The smallest absolute Gasteiger partial charge is 0.346 e. The number of anilines is 1. The Labute approximate surface area is 231 Å². The molecule has 0 unspecified atom stereocenters. The summed E-state index contributed by atoms with van der Waals surface area (Å²) in [6, 6.07) is 5.87. The zero-order valence-electron chi connectivity index (χ0n) is 21.7. The molecule has 2 N–H and O–H groups in total. The zero-order chi connectivity index (χ0) is 28.8. The number of piperazine rings is 1. The molecule has 1 saturated heterocycles. The van der Waals surface area contributed by atoms with E-state index in [1.54, 1.807) is 12.4 Å². The number of nitrogens with one attached hydrogen (secondary N) is 2. The van der Waals surface area contributed by atoms with Gasteiger partial charge in [-0.25, -0.2) is 19.2 Å². The van der Waals surface area contributed by atoms with Crippen LogP contribution in [0.4, 0.5) is 28.0 Å². The number of aromatic amines is 1. The van der Waals surface area contributed by atoms with Gasteiger partial charge in [0.1, 0.15) is 17.8 Å². The highest BCUT2D eigenvalue weighted by molar-refractivity contribution is 5.91. The van der Waals surface area contributed by atoms with Gasteiger partial charge in [0.05, 0.1) is 41.2 Å². The number of nitrogens with zero attached hydrogens (tertiary/aromatic N) is 7. The number of H-pyrrole nitrogens is 1. The monoisotopic (exact) mass is 567 g/mol. The minimum Gasteiger partial charge on any atom is -0.346 e. The lowest BCUT2D eigenvalue weighted by Crippen LogP contribution is -2.61. The topological polar surface area (TPSA) is 119 Å². The number of fused-ring (bicyclic) bond motifs is 1. The van der Waals surface area contributed by atoms with E-state index in [1.807, 2.05) is 16.9 Å². The summed E-state index contributed by atoms with van der Waals surface area (Å²) in [5.41, 5.74) is 0.128. The van der Waals surface area contributed by atoms with Crippen molar-refractivity contribution in [2.24, 2.45) is 0 Å². The summed E-state index contributed by atoms with van der Waals surface area (Å²) < 4.78 is 55.2. The number of aromatic nitrogens is 5. The van der Waals surface area contributed by atoms with E-state index < -0.39 is 34.8 Å². The van der Waals surface area contributed by atoms with Gasteiger partial charge in [0.15, 0.2) is 0 Å². The van der Waals surface area contributed by atoms with Crippen molar-refractivity contribution in [3.8, 4) is 17.3 Å². The van der Waals surface area contributed by atoms with Crippen LogP contribution in [0.1, 0.15) is 24.8 Å². The Morgan fingerprint density at radius 3 is 2.68 bits per heavy atom. The number of carbonyl (C=O) groups is 1. The zero-order valence-corrected chi connectivity index (χ0v) is 21.7. The third-order valence-electron chi connectivity index (χ3n) is 7.98. The van der Waals surface area contributed by atoms with E-state index in [9.17, 15) is 27.6 Å². The van der Waals surface area contributed by atoms with Crippen LogP contribution in [0.5, 0.6) is 0 Å². The minimum atomic E-state index is -4.80. The Morgan fingerprint density at radius 2 is 1.95 bits per heavy atom.